The van der Waals surface area contributed by atoms with Crippen LogP contribution in [0.25, 0.3) is 0 Å². The Morgan fingerprint density at radius 2 is 1.95 bits per heavy atom. The molecule has 0 amide bonds. The summed E-state index contributed by atoms with van der Waals surface area (Å²) in [5, 5.41) is 3.32. The van der Waals surface area contributed by atoms with Gasteiger partial charge in [-0.25, -0.2) is 5.84 Å². The van der Waals surface area contributed by atoms with Crippen molar-refractivity contribution in [3.63, 3.8) is 0 Å². The first kappa shape index (κ1) is 13.3. The summed E-state index contributed by atoms with van der Waals surface area (Å²) in [6, 6.07) is 0.231. The minimum absolute atomic E-state index is 0.163. The summed E-state index contributed by atoms with van der Waals surface area (Å²) in [4.78, 5) is 15.3. The lowest BCUT2D eigenvalue weighted by Gasteiger charge is -2.19. The molecule has 0 bridgehead atoms. The van der Waals surface area contributed by atoms with E-state index in [0.717, 1.165) is 26.1 Å². The normalized spacial score (nSPS) is 26.0. The van der Waals surface area contributed by atoms with E-state index in [1.165, 1.54) is 12.8 Å². The van der Waals surface area contributed by atoms with Crippen molar-refractivity contribution in [2.45, 2.75) is 38.3 Å². The summed E-state index contributed by atoms with van der Waals surface area (Å²) in [5.74, 6) is 7.07. The van der Waals surface area contributed by atoms with E-state index in [4.69, 9.17) is 10.6 Å². The standard InChI is InChI=1S/C12H21N7O/c1-8-9(4-7-20-8)14-10-15-11(18-13)17-12(16-10)19-5-2-3-6-19/h8-9H,2-7,13H2,1H3,(H2,14,15,16,17,18). The fraction of sp³-hybridized carbons (Fsp3) is 0.750. The number of rotatable bonds is 4. The second-order valence-corrected chi connectivity index (χ2v) is 5.24. The summed E-state index contributed by atoms with van der Waals surface area (Å²) >= 11 is 0. The van der Waals surface area contributed by atoms with E-state index >= 15 is 0 Å². The van der Waals surface area contributed by atoms with Crippen LogP contribution in [-0.4, -0.2) is 46.8 Å². The van der Waals surface area contributed by atoms with E-state index in [9.17, 15) is 0 Å². The molecule has 2 atom stereocenters. The molecule has 0 spiro atoms. The molecule has 2 fully saturated rings. The topological polar surface area (TPSA) is 101 Å². The Morgan fingerprint density at radius 3 is 2.60 bits per heavy atom. The minimum Gasteiger partial charge on any atom is -0.376 e. The van der Waals surface area contributed by atoms with Crippen LogP contribution in [0.3, 0.4) is 0 Å². The fourth-order valence-electron chi connectivity index (χ4n) is 2.64. The maximum absolute atomic E-state index is 5.54. The molecule has 0 aromatic carbocycles. The molecule has 3 rings (SSSR count). The van der Waals surface area contributed by atoms with Gasteiger partial charge >= 0.3 is 0 Å². The van der Waals surface area contributed by atoms with Gasteiger partial charge in [-0.1, -0.05) is 0 Å². The highest BCUT2D eigenvalue weighted by Gasteiger charge is 2.25. The number of anilines is 3. The van der Waals surface area contributed by atoms with E-state index in [-0.39, 0.29) is 12.1 Å². The van der Waals surface area contributed by atoms with Crippen LogP contribution in [0.4, 0.5) is 17.8 Å². The van der Waals surface area contributed by atoms with Crippen molar-refractivity contribution in [3.05, 3.63) is 0 Å². The van der Waals surface area contributed by atoms with Crippen molar-refractivity contribution in [1.29, 1.82) is 0 Å². The number of hydrogen-bond donors (Lipinski definition) is 3. The van der Waals surface area contributed by atoms with Gasteiger partial charge in [-0.2, -0.15) is 15.0 Å². The number of ether oxygens (including phenoxy) is 1. The monoisotopic (exact) mass is 279 g/mol. The van der Waals surface area contributed by atoms with Gasteiger partial charge in [0.05, 0.1) is 12.1 Å². The van der Waals surface area contributed by atoms with Gasteiger partial charge < -0.3 is 15.0 Å². The van der Waals surface area contributed by atoms with Gasteiger partial charge in [0, 0.05) is 19.7 Å². The van der Waals surface area contributed by atoms with Crippen LogP contribution in [0, 0.1) is 0 Å². The molecule has 110 valence electrons. The van der Waals surface area contributed by atoms with E-state index < -0.39 is 0 Å². The van der Waals surface area contributed by atoms with Crippen molar-refractivity contribution in [3.8, 4) is 0 Å². The molecular formula is C12H21N7O. The summed E-state index contributed by atoms with van der Waals surface area (Å²) in [6.45, 7) is 4.78. The fourth-order valence-corrected chi connectivity index (χ4v) is 2.64. The number of nitrogen functional groups attached to an aromatic ring is 1. The van der Waals surface area contributed by atoms with Gasteiger partial charge in [-0.15, -0.1) is 0 Å². The van der Waals surface area contributed by atoms with E-state index in [1.54, 1.807) is 0 Å². The maximum atomic E-state index is 5.54. The molecule has 2 unspecified atom stereocenters. The molecule has 2 aliphatic rings. The molecular weight excluding hydrogens is 258 g/mol. The molecule has 0 aliphatic carbocycles. The van der Waals surface area contributed by atoms with Crippen molar-refractivity contribution < 1.29 is 4.74 Å². The second-order valence-electron chi connectivity index (χ2n) is 5.24. The SMILES string of the molecule is CC1OCCC1Nc1nc(NN)nc(N2CCCC2)n1. The molecule has 4 N–H and O–H groups in total. The summed E-state index contributed by atoms with van der Waals surface area (Å²) in [7, 11) is 0. The average Bonchev–Trinajstić information content (AvgIpc) is 3.11. The summed E-state index contributed by atoms with van der Waals surface area (Å²) < 4.78 is 5.54. The van der Waals surface area contributed by atoms with Crippen LogP contribution >= 0.6 is 0 Å². The Bertz CT molecular complexity index is 463. The number of nitrogens with two attached hydrogens (primary N) is 1. The van der Waals surface area contributed by atoms with Crippen LogP contribution in [0.2, 0.25) is 0 Å². The Balaban J connectivity index is 1.80. The predicted molar refractivity (Wildman–Crippen MR) is 76.5 cm³/mol. The highest BCUT2D eigenvalue weighted by atomic mass is 16.5. The lowest BCUT2D eigenvalue weighted by Crippen LogP contribution is -2.29. The van der Waals surface area contributed by atoms with Gasteiger partial charge in [0.15, 0.2) is 0 Å². The van der Waals surface area contributed by atoms with Gasteiger partial charge in [0.2, 0.25) is 17.8 Å². The molecule has 3 heterocycles. The molecule has 0 saturated carbocycles. The van der Waals surface area contributed by atoms with Crippen molar-refractivity contribution >= 4 is 17.8 Å². The van der Waals surface area contributed by atoms with Crippen LogP contribution in [-0.2, 0) is 4.74 Å². The highest BCUT2D eigenvalue weighted by Crippen LogP contribution is 2.21. The Labute approximate surface area is 118 Å². The van der Waals surface area contributed by atoms with Crippen LogP contribution in [0.15, 0.2) is 0 Å². The molecule has 1 aromatic heterocycles. The zero-order valence-corrected chi connectivity index (χ0v) is 11.7. The molecule has 0 radical (unpaired) electrons. The van der Waals surface area contributed by atoms with E-state index in [2.05, 4.69) is 37.5 Å². The third-order valence-electron chi connectivity index (χ3n) is 3.83. The average molecular weight is 279 g/mol. The van der Waals surface area contributed by atoms with E-state index in [0.29, 0.717) is 17.8 Å². The Kier molecular flexibility index (Phi) is 3.83. The molecule has 8 heteroatoms. The lowest BCUT2D eigenvalue weighted by atomic mass is 10.2. The smallest absolute Gasteiger partial charge is 0.243 e. The molecule has 20 heavy (non-hydrogen) atoms. The molecule has 8 nitrogen and oxygen atoms in total. The number of hydrazine groups is 1. The quantitative estimate of drug-likeness (QED) is 0.536. The number of aromatic nitrogens is 3. The van der Waals surface area contributed by atoms with Gasteiger partial charge in [0.1, 0.15) is 0 Å². The predicted octanol–water partition coefficient (Wildman–Crippen LogP) is 0.347. The Hall–Kier alpha value is -1.67. The number of nitrogens with one attached hydrogen (secondary N) is 2. The van der Waals surface area contributed by atoms with Gasteiger partial charge in [-0.3, -0.25) is 5.43 Å². The molecule has 2 saturated heterocycles. The summed E-state index contributed by atoms with van der Waals surface area (Å²) in [6.07, 6.45) is 3.47. The summed E-state index contributed by atoms with van der Waals surface area (Å²) in [5.41, 5.74) is 2.51. The third-order valence-corrected chi connectivity index (χ3v) is 3.83. The van der Waals surface area contributed by atoms with Crippen LogP contribution in [0.5, 0.6) is 0 Å². The van der Waals surface area contributed by atoms with Crippen molar-refractivity contribution in [2.75, 3.05) is 35.3 Å². The van der Waals surface area contributed by atoms with Crippen LogP contribution in [0.1, 0.15) is 26.2 Å². The first-order chi connectivity index (χ1) is 9.76. The van der Waals surface area contributed by atoms with Gasteiger partial charge in [-0.05, 0) is 26.2 Å². The number of hydrogen-bond acceptors (Lipinski definition) is 8. The zero-order valence-electron chi connectivity index (χ0n) is 11.7. The minimum atomic E-state index is 0.163. The van der Waals surface area contributed by atoms with Crippen molar-refractivity contribution in [1.82, 2.24) is 15.0 Å². The largest absolute Gasteiger partial charge is 0.376 e. The number of nitrogens with zero attached hydrogens (tertiary/aromatic N) is 4. The van der Waals surface area contributed by atoms with Crippen LogP contribution < -0.4 is 21.5 Å². The molecule has 2 aliphatic heterocycles. The van der Waals surface area contributed by atoms with Crippen molar-refractivity contribution in [2.24, 2.45) is 5.84 Å². The van der Waals surface area contributed by atoms with Gasteiger partial charge in [0.25, 0.3) is 0 Å². The molecule has 1 aromatic rings. The van der Waals surface area contributed by atoms with E-state index in [1.807, 2.05) is 0 Å². The maximum Gasteiger partial charge on any atom is 0.243 e. The first-order valence-corrected chi connectivity index (χ1v) is 7.12. The highest BCUT2D eigenvalue weighted by molar-refractivity contribution is 5.44. The first-order valence-electron chi connectivity index (χ1n) is 7.12. The zero-order chi connectivity index (χ0) is 13.9. The second kappa shape index (κ2) is 5.76. The Morgan fingerprint density at radius 1 is 1.20 bits per heavy atom. The third kappa shape index (κ3) is 2.75. The lowest BCUT2D eigenvalue weighted by molar-refractivity contribution is 0.121.